The van der Waals surface area contributed by atoms with Crippen LogP contribution in [-0.4, -0.2) is 43.4 Å². The molecular weight excluding hydrogens is 498 g/mol. The van der Waals surface area contributed by atoms with Crippen molar-refractivity contribution in [3.8, 4) is 22.6 Å². The summed E-state index contributed by atoms with van der Waals surface area (Å²) >= 11 is 0. The lowest BCUT2D eigenvalue weighted by Crippen LogP contribution is -2.44. The number of aryl methyl sites for hydroxylation is 2. The third-order valence-corrected chi connectivity index (χ3v) is 9.41. The molecule has 8 rings (SSSR count). The van der Waals surface area contributed by atoms with Crippen LogP contribution in [0.15, 0.2) is 58.8 Å². The van der Waals surface area contributed by atoms with E-state index >= 15 is 0 Å². The van der Waals surface area contributed by atoms with Crippen LogP contribution in [0.3, 0.4) is 0 Å². The Bertz CT molecular complexity index is 1740. The molecule has 2 aromatic carbocycles. The van der Waals surface area contributed by atoms with Crippen molar-refractivity contribution in [1.82, 2.24) is 30.3 Å². The number of hydrogen-bond donors (Lipinski definition) is 1. The van der Waals surface area contributed by atoms with Crippen LogP contribution in [0, 0.1) is 12.3 Å². The maximum atomic E-state index is 5.95. The van der Waals surface area contributed by atoms with Gasteiger partial charge < -0.3 is 14.0 Å². The molecule has 0 bridgehead atoms. The summed E-state index contributed by atoms with van der Waals surface area (Å²) in [5.41, 5.74) is 10.2. The molecule has 40 heavy (non-hydrogen) atoms. The summed E-state index contributed by atoms with van der Waals surface area (Å²) in [6.07, 6.45) is 11.8. The summed E-state index contributed by atoms with van der Waals surface area (Å²) in [4.78, 5) is 2.55. The van der Waals surface area contributed by atoms with Gasteiger partial charge >= 0.3 is 0 Å². The van der Waals surface area contributed by atoms with Gasteiger partial charge in [-0.1, -0.05) is 41.1 Å². The van der Waals surface area contributed by atoms with Crippen molar-refractivity contribution in [3.05, 3.63) is 71.1 Å². The SMILES string of the molecule is Cc1ccccc1-c1noc(C2CC2)c1C=C1CC2(CCN(c3ccc4c(-c5nn[nH]n5)cn(C)c4c3)CC2)C1. The first-order chi connectivity index (χ1) is 19.6. The van der Waals surface area contributed by atoms with E-state index in [1.807, 2.05) is 0 Å². The fraction of sp³-hybridized carbons (Fsp3) is 0.375. The Balaban J connectivity index is 0.990. The number of nitrogens with one attached hydrogen (secondary N) is 1. The minimum Gasteiger partial charge on any atom is -0.371 e. The maximum absolute atomic E-state index is 5.95. The molecule has 3 aromatic heterocycles. The van der Waals surface area contributed by atoms with Crippen LogP contribution in [-0.2, 0) is 7.05 Å². The van der Waals surface area contributed by atoms with Crippen molar-refractivity contribution in [1.29, 1.82) is 0 Å². The number of rotatable bonds is 5. The van der Waals surface area contributed by atoms with E-state index in [-0.39, 0.29) is 0 Å². The van der Waals surface area contributed by atoms with Crippen LogP contribution < -0.4 is 4.90 Å². The molecule has 0 amide bonds. The van der Waals surface area contributed by atoms with Gasteiger partial charge in [0.1, 0.15) is 11.5 Å². The first-order valence-electron chi connectivity index (χ1n) is 14.4. The van der Waals surface area contributed by atoms with Gasteiger partial charge in [-0.25, -0.2) is 0 Å². The Morgan fingerprint density at radius 3 is 2.62 bits per heavy atom. The highest BCUT2D eigenvalue weighted by molar-refractivity contribution is 5.96. The largest absolute Gasteiger partial charge is 0.371 e. The van der Waals surface area contributed by atoms with E-state index in [2.05, 4.69) is 104 Å². The number of aromatic nitrogens is 6. The van der Waals surface area contributed by atoms with Crippen molar-refractivity contribution in [2.45, 2.75) is 51.4 Å². The Kier molecular flexibility index (Phi) is 5.27. The van der Waals surface area contributed by atoms with Gasteiger partial charge in [0.2, 0.25) is 5.82 Å². The fourth-order valence-corrected chi connectivity index (χ4v) is 6.96. The van der Waals surface area contributed by atoms with E-state index in [1.165, 1.54) is 66.4 Å². The van der Waals surface area contributed by atoms with Gasteiger partial charge in [-0.3, -0.25) is 0 Å². The summed E-state index contributed by atoms with van der Waals surface area (Å²) in [7, 11) is 2.08. The second kappa shape index (κ2) is 8.91. The Morgan fingerprint density at radius 1 is 1.05 bits per heavy atom. The average Bonchev–Trinajstić information content (AvgIpc) is 3.34. The average molecular weight is 532 g/mol. The van der Waals surface area contributed by atoms with Gasteiger partial charge in [0.15, 0.2) is 0 Å². The normalized spacial score (nSPS) is 18.4. The fourth-order valence-electron chi connectivity index (χ4n) is 6.96. The Morgan fingerprint density at radius 2 is 1.88 bits per heavy atom. The number of anilines is 1. The second-order valence-electron chi connectivity index (χ2n) is 12.1. The molecule has 4 heterocycles. The molecule has 2 saturated carbocycles. The molecule has 1 spiro atoms. The zero-order valence-corrected chi connectivity index (χ0v) is 23.0. The lowest BCUT2D eigenvalue weighted by Gasteiger charge is -2.50. The maximum Gasteiger partial charge on any atom is 0.206 e. The smallest absolute Gasteiger partial charge is 0.206 e. The second-order valence-corrected chi connectivity index (χ2v) is 12.1. The van der Waals surface area contributed by atoms with Gasteiger partial charge in [-0.2, -0.15) is 5.21 Å². The topological polar surface area (TPSA) is 88.7 Å². The van der Waals surface area contributed by atoms with Crippen molar-refractivity contribution in [3.63, 3.8) is 0 Å². The summed E-state index contributed by atoms with van der Waals surface area (Å²) in [6.45, 7) is 4.35. The molecular formula is C32H33N7O. The lowest BCUT2D eigenvalue weighted by atomic mass is 9.60. The van der Waals surface area contributed by atoms with Gasteiger partial charge in [-0.05, 0) is 79.8 Å². The molecule has 8 nitrogen and oxygen atoms in total. The predicted molar refractivity (Wildman–Crippen MR) is 156 cm³/mol. The van der Waals surface area contributed by atoms with Crippen LogP contribution in [0.4, 0.5) is 5.69 Å². The molecule has 0 radical (unpaired) electrons. The standard InChI is InChI=1S/C32H33N7O/c1-20-5-3-4-6-24(20)29-26(30(40-35-29)22-7-8-22)15-21-17-32(18-21)11-13-39(14-12-32)23-9-10-25-27(31-33-36-37-34-31)19-38(2)28(25)16-23/h3-6,9-10,15-16,19,22H,7-8,11-14,17-18H2,1-2H3,(H,33,34,36,37). The van der Waals surface area contributed by atoms with E-state index < -0.39 is 0 Å². The molecule has 3 aliphatic rings. The Hall–Kier alpha value is -4.20. The van der Waals surface area contributed by atoms with Crippen molar-refractivity contribution < 1.29 is 4.52 Å². The summed E-state index contributed by atoms with van der Waals surface area (Å²) in [5.74, 6) is 2.27. The van der Waals surface area contributed by atoms with Crippen molar-refractivity contribution >= 4 is 22.7 Å². The Labute approximate surface area is 233 Å². The van der Waals surface area contributed by atoms with Crippen LogP contribution in [0.5, 0.6) is 0 Å². The number of H-pyrrole nitrogens is 1. The predicted octanol–water partition coefficient (Wildman–Crippen LogP) is 6.66. The first-order valence-corrected chi connectivity index (χ1v) is 14.4. The molecule has 1 N–H and O–H groups in total. The number of allylic oxidation sites excluding steroid dienone is 1. The zero-order chi connectivity index (χ0) is 26.8. The molecule has 3 fully saturated rings. The molecule has 202 valence electrons. The highest BCUT2D eigenvalue weighted by Gasteiger charge is 2.43. The quantitative estimate of drug-likeness (QED) is 0.273. The van der Waals surface area contributed by atoms with E-state index in [0.29, 0.717) is 17.2 Å². The van der Waals surface area contributed by atoms with E-state index in [4.69, 9.17) is 4.52 Å². The van der Waals surface area contributed by atoms with Gasteiger partial charge in [-0.15, -0.1) is 10.2 Å². The molecule has 5 aromatic rings. The third kappa shape index (κ3) is 3.88. The van der Waals surface area contributed by atoms with Crippen LogP contribution in [0.25, 0.3) is 39.6 Å². The van der Waals surface area contributed by atoms with Gasteiger partial charge in [0, 0.05) is 60.0 Å². The number of aromatic amines is 1. The molecule has 1 aliphatic heterocycles. The van der Waals surface area contributed by atoms with E-state index in [9.17, 15) is 0 Å². The highest BCUT2D eigenvalue weighted by Crippen LogP contribution is 2.54. The van der Waals surface area contributed by atoms with Crippen molar-refractivity contribution in [2.75, 3.05) is 18.0 Å². The number of nitrogens with zero attached hydrogens (tertiary/aromatic N) is 6. The van der Waals surface area contributed by atoms with Gasteiger partial charge in [0.25, 0.3) is 0 Å². The number of tetrazole rings is 1. The van der Waals surface area contributed by atoms with Crippen LogP contribution in [0.1, 0.15) is 61.3 Å². The third-order valence-electron chi connectivity index (χ3n) is 9.41. The monoisotopic (exact) mass is 531 g/mol. The highest BCUT2D eigenvalue weighted by atomic mass is 16.5. The van der Waals surface area contributed by atoms with Crippen molar-refractivity contribution in [2.24, 2.45) is 12.5 Å². The minimum absolute atomic E-state index is 0.433. The summed E-state index contributed by atoms with van der Waals surface area (Å²) in [6, 6.07) is 15.3. The summed E-state index contributed by atoms with van der Waals surface area (Å²) < 4.78 is 8.10. The van der Waals surface area contributed by atoms with Crippen LogP contribution >= 0.6 is 0 Å². The molecule has 8 heteroatoms. The van der Waals surface area contributed by atoms with Gasteiger partial charge in [0.05, 0.1) is 5.52 Å². The number of piperidine rings is 1. The van der Waals surface area contributed by atoms with E-state index in [1.54, 1.807) is 5.57 Å². The number of hydrogen-bond acceptors (Lipinski definition) is 6. The number of benzene rings is 2. The molecule has 2 aliphatic carbocycles. The molecule has 0 unspecified atom stereocenters. The molecule has 1 saturated heterocycles. The lowest BCUT2D eigenvalue weighted by molar-refractivity contribution is 0.155. The number of fused-ring (bicyclic) bond motifs is 1. The minimum atomic E-state index is 0.433. The van der Waals surface area contributed by atoms with E-state index in [0.717, 1.165) is 35.5 Å². The molecule has 0 atom stereocenters. The summed E-state index contributed by atoms with van der Waals surface area (Å²) in [5, 5.41) is 20.4. The first kappa shape index (κ1) is 23.7. The van der Waals surface area contributed by atoms with Crippen LogP contribution in [0.2, 0.25) is 0 Å². The zero-order valence-electron chi connectivity index (χ0n) is 23.0.